The molecule has 0 bridgehead atoms. The van der Waals surface area contributed by atoms with Gasteiger partial charge in [-0.25, -0.2) is 4.98 Å². The maximum atomic E-state index is 11.8. The third-order valence-corrected chi connectivity index (χ3v) is 3.48. The summed E-state index contributed by atoms with van der Waals surface area (Å²) in [6, 6.07) is 5.56. The lowest BCUT2D eigenvalue weighted by atomic mass is 10.1. The van der Waals surface area contributed by atoms with Crippen LogP contribution in [0.3, 0.4) is 0 Å². The summed E-state index contributed by atoms with van der Waals surface area (Å²) >= 11 is 1.40. The summed E-state index contributed by atoms with van der Waals surface area (Å²) in [6.45, 7) is 0. The first kappa shape index (κ1) is 14.3. The first-order valence-corrected chi connectivity index (χ1v) is 7.01. The van der Waals surface area contributed by atoms with Gasteiger partial charge in [0.1, 0.15) is 11.5 Å². The van der Waals surface area contributed by atoms with E-state index in [9.17, 15) is 4.79 Å². The Labute approximate surface area is 121 Å². The van der Waals surface area contributed by atoms with Gasteiger partial charge in [0.25, 0.3) is 0 Å². The zero-order valence-corrected chi connectivity index (χ0v) is 12.2. The second kappa shape index (κ2) is 6.91. The average Bonchev–Trinajstić information content (AvgIpc) is 2.97. The summed E-state index contributed by atoms with van der Waals surface area (Å²) in [5.41, 5.74) is 0.945. The van der Waals surface area contributed by atoms with Gasteiger partial charge in [0.05, 0.1) is 14.2 Å². The van der Waals surface area contributed by atoms with Gasteiger partial charge in [-0.2, -0.15) is 0 Å². The van der Waals surface area contributed by atoms with Crippen LogP contribution < -0.4 is 14.8 Å². The normalized spacial score (nSPS) is 10.1. The molecule has 0 aliphatic rings. The van der Waals surface area contributed by atoms with Gasteiger partial charge in [-0.3, -0.25) is 4.79 Å². The molecule has 0 aliphatic carbocycles. The fourth-order valence-corrected chi connectivity index (χ4v) is 2.34. The highest BCUT2D eigenvalue weighted by Crippen LogP contribution is 2.25. The van der Waals surface area contributed by atoms with Crippen LogP contribution in [0.2, 0.25) is 0 Å². The number of hydrogen-bond acceptors (Lipinski definition) is 5. The molecule has 2 aromatic rings. The first-order valence-electron chi connectivity index (χ1n) is 6.13. The third kappa shape index (κ3) is 3.71. The molecule has 2 rings (SSSR count). The van der Waals surface area contributed by atoms with Crippen molar-refractivity contribution in [2.45, 2.75) is 12.8 Å². The van der Waals surface area contributed by atoms with Crippen LogP contribution in [0, 0.1) is 0 Å². The number of methoxy groups -OCH3 is 2. The Morgan fingerprint density at radius 3 is 2.85 bits per heavy atom. The number of nitrogens with zero attached hydrogens (tertiary/aromatic N) is 1. The number of ether oxygens (including phenoxy) is 2. The summed E-state index contributed by atoms with van der Waals surface area (Å²) < 4.78 is 10.5. The van der Waals surface area contributed by atoms with Gasteiger partial charge in [-0.15, -0.1) is 11.3 Å². The van der Waals surface area contributed by atoms with Crippen molar-refractivity contribution in [3.8, 4) is 11.5 Å². The molecule has 1 heterocycles. The Hall–Kier alpha value is -2.08. The molecule has 6 heteroatoms. The smallest absolute Gasteiger partial charge is 0.226 e. The van der Waals surface area contributed by atoms with Crippen molar-refractivity contribution in [3.05, 3.63) is 35.3 Å². The Morgan fingerprint density at radius 1 is 1.35 bits per heavy atom. The number of anilines is 1. The van der Waals surface area contributed by atoms with Crippen LogP contribution >= 0.6 is 11.3 Å². The minimum Gasteiger partial charge on any atom is -0.497 e. The van der Waals surface area contributed by atoms with E-state index in [1.54, 1.807) is 20.4 Å². The second-order valence-corrected chi connectivity index (χ2v) is 4.96. The second-order valence-electron chi connectivity index (χ2n) is 4.06. The largest absolute Gasteiger partial charge is 0.497 e. The van der Waals surface area contributed by atoms with Crippen molar-refractivity contribution < 1.29 is 14.3 Å². The van der Waals surface area contributed by atoms with E-state index >= 15 is 0 Å². The van der Waals surface area contributed by atoms with Crippen molar-refractivity contribution in [2.75, 3.05) is 19.5 Å². The van der Waals surface area contributed by atoms with Crippen LogP contribution in [0.1, 0.15) is 12.0 Å². The predicted octanol–water partition coefficient (Wildman–Crippen LogP) is 2.73. The molecule has 0 unspecified atom stereocenters. The van der Waals surface area contributed by atoms with Gasteiger partial charge >= 0.3 is 0 Å². The molecule has 0 saturated carbocycles. The van der Waals surface area contributed by atoms with E-state index in [1.165, 1.54) is 11.3 Å². The summed E-state index contributed by atoms with van der Waals surface area (Å²) in [5, 5.41) is 5.19. The summed E-state index contributed by atoms with van der Waals surface area (Å²) in [6.07, 6.45) is 2.60. The van der Waals surface area contributed by atoms with Crippen molar-refractivity contribution in [1.82, 2.24) is 4.98 Å². The van der Waals surface area contributed by atoms with E-state index in [2.05, 4.69) is 10.3 Å². The van der Waals surface area contributed by atoms with Crippen LogP contribution in [0.15, 0.2) is 29.8 Å². The number of benzene rings is 1. The molecular weight excluding hydrogens is 276 g/mol. The molecule has 20 heavy (non-hydrogen) atoms. The number of thiazole rings is 1. The Balaban J connectivity index is 1.97. The van der Waals surface area contributed by atoms with Crippen LogP contribution in [-0.2, 0) is 11.2 Å². The molecule has 0 aliphatic heterocycles. The first-order chi connectivity index (χ1) is 9.72. The van der Waals surface area contributed by atoms with E-state index in [1.807, 2.05) is 23.6 Å². The summed E-state index contributed by atoms with van der Waals surface area (Å²) in [4.78, 5) is 15.8. The third-order valence-electron chi connectivity index (χ3n) is 2.79. The Morgan fingerprint density at radius 2 is 2.20 bits per heavy atom. The maximum absolute atomic E-state index is 11.8. The highest BCUT2D eigenvalue weighted by atomic mass is 32.1. The Bertz CT molecular complexity index is 570. The van der Waals surface area contributed by atoms with Gasteiger partial charge in [0.2, 0.25) is 5.91 Å². The number of nitrogens with one attached hydrogen (secondary N) is 1. The number of carbonyl (C=O) groups excluding carboxylic acids is 1. The van der Waals surface area contributed by atoms with Crippen molar-refractivity contribution in [3.63, 3.8) is 0 Å². The summed E-state index contributed by atoms with van der Waals surface area (Å²) in [7, 11) is 3.22. The standard InChI is InChI=1S/C14H16N2O3S/c1-18-11-4-5-12(19-2)10(9-11)3-6-13(17)16-14-15-7-8-20-14/h4-5,7-9H,3,6H2,1-2H3,(H,15,16,17). The predicted molar refractivity (Wildman–Crippen MR) is 78.6 cm³/mol. The fourth-order valence-electron chi connectivity index (χ4n) is 1.79. The molecule has 1 aromatic heterocycles. The summed E-state index contributed by atoms with van der Waals surface area (Å²) in [5.74, 6) is 1.44. The molecule has 0 spiro atoms. The van der Waals surface area contributed by atoms with E-state index in [0.717, 1.165) is 17.1 Å². The number of rotatable bonds is 6. The van der Waals surface area contributed by atoms with Crippen LogP contribution in [0.5, 0.6) is 11.5 Å². The van der Waals surface area contributed by atoms with Crippen LogP contribution in [-0.4, -0.2) is 25.1 Å². The molecule has 0 fully saturated rings. The van der Waals surface area contributed by atoms with Crippen LogP contribution in [0.4, 0.5) is 5.13 Å². The molecular formula is C14H16N2O3S. The van der Waals surface area contributed by atoms with E-state index in [-0.39, 0.29) is 5.91 Å². The number of carbonyl (C=O) groups is 1. The lowest BCUT2D eigenvalue weighted by molar-refractivity contribution is -0.116. The number of aryl methyl sites for hydroxylation is 1. The van der Waals surface area contributed by atoms with E-state index in [0.29, 0.717) is 18.0 Å². The average molecular weight is 292 g/mol. The molecule has 106 valence electrons. The molecule has 1 amide bonds. The molecule has 1 aromatic carbocycles. The number of hydrogen-bond donors (Lipinski definition) is 1. The van der Waals surface area contributed by atoms with Gasteiger partial charge in [0, 0.05) is 18.0 Å². The SMILES string of the molecule is COc1ccc(OC)c(CCC(=O)Nc2nccs2)c1. The van der Waals surface area contributed by atoms with Gasteiger partial charge in [0.15, 0.2) is 5.13 Å². The Kier molecular flexibility index (Phi) is 4.95. The molecule has 0 atom stereocenters. The highest BCUT2D eigenvalue weighted by Gasteiger charge is 2.09. The van der Waals surface area contributed by atoms with Crippen molar-refractivity contribution in [2.24, 2.45) is 0 Å². The minimum atomic E-state index is -0.0650. The zero-order chi connectivity index (χ0) is 14.4. The van der Waals surface area contributed by atoms with E-state index < -0.39 is 0 Å². The number of amides is 1. The topological polar surface area (TPSA) is 60.5 Å². The quantitative estimate of drug-likeness (QED) is 0.889. The lowest BCUT2D eigenvalue weighted by Crippen LogP contribution is -2.12. The van der Waals surface area contributed by atoms with Gasteiger partial charge in [-0.1, -0.05) is 0 Å². The van der Waals surface area contributed by atoms with Crippen molar-refractivity contribution in [1.29, 1.82) is 0 Å². The fraction of sp³-hybridized carbons (Fsp3) is 0.286. The number of aromatic nitrogens is 1. The van der Waals surface area contributed by atoms with Gasteiger partial charge in [-0.05, 0) is 30.2 Å². The lowest BCUT2D eigenvalue weighted by Gasteiger charge is -2.10. The zero-order valence-electron chi connectivity index (χ0n) is 11.4. The van der Waals surface area contributed by atoms with Crippen molar-refractivity contribution >= 4 is 22.4 Å². The van der Waals surface area contributed by atoms with E-state index in [4.69, 9.17) is 9.47 Å². The van der Waals surface area contributed by atoms with Crippen LogP contribution in [0.25, 0.3) is 0 Å². The monoisotopic (exact) mass is 292 g/mol. The molecule has 0 saturated heterocycles. The molecule has 1 N–H and O–H groups in total. The molecule has 5 nitrogen and oxygen atoms in total. The minimum absolute atomic E-state index is 0.0650. The highest BCUT2D eigenvalue weighted by molar-refractivity contribution is 7.13. The molecule has 0 radical (unpaired) electrons. The maximum Gasteiger partial charge on any atom is 0.226 e. The van der Waals surface area contributed by atoms with Gasteiger partial charge < -0.3 is 14.8 Å².